The van der Waals surface area contributed by atoms with E-state index in [0.29, 0.717) is 17.1 Å². The smallest absolute Gasteiger partial charge is 0.279 e. The van der Waals surface area contributed by atoms with E-state index in [2.05, 4.69) is 11.4 Å². The molecule has 1 aliphatic heterocycles. The Labute approximate surface area is 171 Å². The molecule has 0 spiro atoms. The van der Waals surface area contributed by atoms with E-state index in [4.69, 9.17) is 16.9 Å². The third kappa shape index (κ3) is 5.32. The molecule has 5 nitrogen and oxygen atoms in total. The van der Waals surface area contributed by atoms with Crippen molar-refractivity contribution in [1.82, 2.24) is 0 Å². The number of carbonyl (C=O) groups is 1. The van der Waals surface area contributed by atoms with Gasteiger partial charge >= 0.3 is 0 Å². The summed E-state index contributed by atoms with van der Waals surface area (Å²) in [6, 6.07) is 13.9. The molecule has 1 aliphatic rings. The predicted octanol–water partition coefficient (Wildman–Crippen LogP) is 0.751. The second-order valence-corrected chi connectivity index (χ2v) is 8.06. The second kappa shape index (κ2) is 9.20. The first-order chi connectivity index (χ1) is 13.4. The van der Waals surface area contributed by atoms with Crippen molar-refractivity contribution in [3.8, 4) is 6.07 Å². The number of nitrogens with one attached hydrogen (secondary N) is 3. The highest BCUT2D eigenvalue weighted by atomic mass is 35.5. The number of nitriles is 1. The summed E-state index contributed by atoms with van der Waals surface area (Å²) in [7, 11) is 0. The molecule has 3 rings (SSSR count). The van der Waals surface area contributed by atoms with E-state index in [1.54, 1.807) is 0 Å². The van der Waals surface area contributed by atoms with Crippen molar-refractivity contribution in [3.05, 3.63) is 63.7 Å². The monoisotopic (exact) mass is 398 g/mol. The summed E-state index contributed by atoms with van der Waals surface area (Å²) in [5.41, 5.74) is 4.75. The maximum Gasteiger partial charge on any atom is 0.279 e. The Morgan fingerprint density at radius 2 is 1.75 bits per heavy atom. The first-order valence-electron chi connectivity index (χ1n) is 9.67. The number of aryl methyl sites for hydroxylation is 2. The average molecular weight is 399 g/mol. The van der Waals surface area contributed by atoms with Gasteiger partial charge in [-0.3, -0.25) is 4.79 Å². The Balaban J connectivity index is 1.47. The number of hydrogen-bond donors (Lipinski definition) is 3. The van der Waals surface area contributed by atoms with Gasteiger partial charge in [-0.25, -0.2) is 0 Å². The van der Waals surface area contributed by atoms with Gasteiger partial charge in [0.05, 0.1) is 22.3 Å². The van der Waals surface area contributed by atoms with Crippen molar-refractivity contribution in [2.75, 3.05) is 38.0 Å². The van der Waals surface area contributed by atoms with Gasteiger partial charge in [0.25, 0.3) is 5.91 Å². The molecular weight excluding hydrogens is 372 g/mol. The van der Waals surface area contributed by atoms with Gasteiger partial charge in [-0.05, 0) is 43.2 Å². The molecule has 2 aromatic carbocycles. The lowest BCUT2D eigenvalue weighted by molar-refractivity contribution is -1.02. The maximum atomic E-state index is 12.5. The van der Waals surface area contributed by atoms with E-state index in [0.717, 1.165) is 49.5 Å². The average Bonchev–Trinajstić information content (AvgIpc) is 2.67. The minimum absolute atomic E-state index is 0.0133. The highest BCUT2D eigenvalue weighted by Gasteiger charge is 2.25. The largest absolute Gasteiger partial charge is 0.322 e. The fraction of sp³-hybridized carbons (Fsp3) is 0.364. The Morgan fingerprint density at radius 1 is 1.11 bits per heavy atom. The van der Waals surface area contributed by atoms with Gasteiger partial charge in [-0.15, -0.1) is 0 Å². The number of rotatable bonds is 5. The van der Waals surface area contributed by atoms with E-state index in [1.807, 2.05) is 50.2 Å². The van der Waals surface area contributed by atoms with Gasteiger partial charge in [-0.2, -0.15) is 5.26 Å². The summed E-state index contributed by atoms with van der Waals surface area (Å²) in [5, 5.41) is 12.5. The van der Waals surface area contributed by atoms with Gasteiger partial charge < -0.3 is 15.1 Å². The summed E-state index contributed by atoms with van der Waals surface area (Å²) >= 11 is 6.29. The highest BCUT2D eigenvalue weighted by Crippen LogP contribution is 2.27. The predicted molar refractivity (Wildman–Crippen MR) is 111 cm³/mol. The van der Waals surface area contributed by atoms with E-state index < -0.39 is 0 Å². The van der Waals surface area contributed by atoms with Crippen LogP contribution in [0.2, 0.25) is 5.02 Å². The minimum atomic E-state index is 0.0133. The molecule has 1 saturated heterocycles. The Bertz CT molecular complexity index is 857. The minimum Gasteiger partial charge on any atom is -0.322 e. The zero-order valence-corrected chi connectivity index (χ0v) is 17.2. The molecular formula is C22H27ClN4O+2. The molecule has 6 heteroatoms. The lowest BCUT2D eigenvalue weighted by Gasteiger charge is -2.29. The zero-order chi connectivity index (χ0) is 20.1. The molecule has 0 bridgehead atoms. The SMILES string of the molecule is Cc1cc(C)c(NC(=O)C[NH+]2CC[NH+](Cc3ccc(C#N)cc3)CC2)c(Cl)c1. The Kier molecular flexibility index (Phi) is 6.69. The molecule has 146 valence electrons. The van der Waals surface area contributed by atoms with Crippen molar-refractivity contribution in [2.24, 2.45) is 0 Å². The summed E-state index contributed by atoms with van der Waals surface area (Å²) < 4.78 is 0. The van der Waals surface area contributed by atoms with E-state index in [-0.39, 0.29) is 5.91 Å². The van der Waals surface area contributed by atoms with Crippen molar-refractivity contribution in [3.63, 3.8) is 0 Å². The third-order valence-electron chi connectivity index (χ3n) is 5.31. The van der Waals surface area contributed by atoms with Gasteiger partial charge in [0, 0.05) is 5.56 Å². The van der Waals surface area contributed by atoms with Crippen LogP contribution >= 0.6 is 11.6 Å². The molecule has 3 N–H and O–H groups in total. The summed E-state index contributed by atoms with van der Waals surface area (Å²) in [6.45, 7) is 9.40. The molecule has 2 aromatic rings. The fourth-order valence-corrected chi connectivity index (χ4v) is 4.15. The van der Waals surface area contributed by atoms with E-state index in [1.165, 1.54) is 15.4 Å². The van der Waals surface area contributed by atoms with E-state index in [9.17, 15) is 4.79 Å². The molecule has 0 unspecified atom stereocenters. The zero-order valence-electron chi connectivity index (χ0n) is 16.4. The summed E-state index contributed by atoms with van der Waals surface area (Å²) in [4.78, 5) is 15.3. The van der Waals surface area contributed by atoms with Gasteiger partial charge in [0.15, 0.2) is 6.54 Å². The molecule has 0 radical (unpaired) electrons. The lowest BCUT2D eigenvalue weighted by Crippen LogP contribution is -3.28. The molecule has 1 fully saturated rings. The van der Waals surface area contributed by atoms with Crippen LogP contribution in [0, 0.1) is 25.2 Å². The number of amides is 1. The van der Waals surface area contributed by atoms with Crippen LogP contribution in [-0.4, -0.2) is 38.6 Å². The standard InChI is InChI=1S/C22H25ClN4O/c1-16-11-17(2)22(20(23)12-16)25-21(28)15-27-9-7-26(8-10-27)14-19-5-3-18(13-24)4-6-19/h3-6,11-12H,7-10,14-15H2,1-2H3,(H,25,28)/p+2. The Morgan fingerprint density at radius 3 is 2.36 bits per heavy atom. The summed E-state index contributed by atoms with van der Waals surface area (Å²) in [5.74, 6) is 0.0133. The van der Waals surface area contributed by atoms with Crippen LogP contribution in [0.15, 0.2) is 36.4 Å². The van der Waals surface area contributed by atoms with Crippen LogP contribution in [-0.2, 0) is 11.3 Å². The number of piperazine rings is 1. The van der Waals surface area contributed by atoms with Gasteiger partial charge in [0.2, 0.25) is 0 Å². The number of nitrogens with zero attached hydrogens (tertiary/aromatic N) is 1. The number of quaternary nitrogens is 2. The molecule has 0 aromatic heterocycles. The number of anilines is 1. The second-order valence-electron chi connectivity index (χ2n) is 7.65. The molecule has 0 atom stereocenters. The fourth-order valence-electron chi connectivity index (χ4n) is 3.78. The third-order valence-corrected chi connectivity index (χ3v) is 5.61. The molecule has 1 amide bonds. The normalized spacial score (nSPS) is 19.1. The van der Waals surface area contributed by atoms with Crippen LogP contribution < -0.4 is 15.1 Å². The van der Waals surface area contributed by atoms with Crippen LogP contribution in [0.5, 0.6) is 0 Å². The molecule has 28 heavy (non-hydrogen) atoms. The maximum absolute atomic E-state index is 12.5. The molecule has 0 aliphatic carbocycles. The summed E-state index contributed by atoms with van der Waals surface area (Å²) in [6.07, 6.45) is 0. The molecule has 1 heterocycles. The van der Waals surface area contributed by atoms with Crippen molar-refractivity contribution in [2.45, 2.75) is 20.4 Å². The van der Waals surface area contributed by atoms with Gasteiger partial charge in [-0.1, -0.05) is 29.8 Å². The van der Waals surface area contributed by atoms with Crippen molar-refractivity contribution < 1.29 is 14.6 Å². The Hall–Kier alpha value is -2.39. The topological polar surface area (TPSA) is 61.8 Å². The first-order valence-corrected chi connectivity index (χ1v) is 10.0. The van der Waals surface area contributed by atoms with E-state index >= 15 is 0 Å². The highest BCUT2D eigenvalue weighted by molar-refractivity contribution is 6.34. The number of halogens is 1. The van der Waals surface area contributed by atoms with Crippen LogP contribution in [0.4, 0.5) is 5.69 Å². The quantitative estimate of drug-likeness (QED) is 0.696. The first kappa shape index (κ1) is 20.3. The van der Waals surface area contributed by atoms with Crippen molar-refractivity contribution >= 4 is 23.2 Å². The lowest BCUT2D eigenvalue weighted by atomic mass is 10.1. The van der Waals surface area contributed by atoms with Crippen molar-refractivity contribution in [1.29, 1.82) is 5.26 Å². The molecule has 0 saturated carbocycles. The number of carbonyl (C=O) groups excluding carboxylic acids is 1. The number of hydrogen-bond acceptors (Lipinski definition) is 2. The van der Waals surface area contributed by atoms with Crippen LogP contribution in [0.3, 0.4) is 0 Å². The van der Waals surface area contributed by atoms with Gasteiger partial charge in [0.1, 0.15) is 32.7 Å². The van der Waals surface area contributed by atoms with Crippen LogP contribution in [0.25, 0.3) is 0 Å². The van der Waals surface area contributed by atoms with Crippen LogP contribution in [0.1, 0.15) is 22.3 Å². The number of benzene rings is 2.